The molecule has 102 valence electrons. The monoisotopic (exact) mass is 275 g/mol. The number of fused-ring (bicyclic) bond motifs is 1. The Hall–Kier alpha value is -1.42. The number of aryl methyl sites for hydroxylation is 1. The van der Waals surface area contributed by atoms with E-state index in [1.165, 1.54) is 18.6 Å². The zero-order chi connectivity index (χ0) is 13.7. The second kappa shape index (κ2) is 6.66. The van der Waals surface area contributed by atoms with Gasteiger partial charge in [-0.25, -0.2) is 0 Å². The molecule has 1 aromatic heterocycles. The van der Waals surface area contributed by atoms with Crippen LogP contribution in [-0.4, -0.2) is 17.0 Å². The van der Waals surface area contributed by atoms with Crippen LogP contribution in [0.4, 0.5) is 11.4 Å². The summed E-state index contributed by atoms with van der Waals surface area (Å²) in [4.78, 5) is 4.64. The third-order valence-electron chi connectivity index (χ3n) is 3.31. The van der Waals surface area contributed by atoms with E-state index < -0.39 is 0 Å². The maximum atomic E-state index is 6.10. The predicted octanol–water partition coefficient (Wildman–Crippen LogP) is 3.48. The molecule has 0 fully saturated rings. The van der Waals surface area contributed by atoms with Gasteiger partial charge in [-0.2, -0.15) is 11.8 Å². The molecule has 0 saturated carbocycles. The Morgan fingerprint density at radius 2 is 1.84 bits per heavy atom. The molecule has 0 aliphatic heterocycles. The van der Waals surface area contributed by atoms with Gasteiger partial charge in [0.1, 0.15) is 0 Å². The van der Waals surface area contributed by atoms with Gasteiger partial charge in [-0.1, -0.05) is 24.6 Å². The topological polar surface area (TPSA) is 64.9 Å². The van der Waals surface area contributed by atoms with Crippen LogP contribution >= 0.6 is 11.8 Å². The Balaban J connectivity index is 2.12. The molecule has 4 N–H and O–H groups in total. The molecular weight excluding hydrogens is 254 g/mol. The van der Waals surface area contributed by atoms with E-state index in [1.54, 1.807) is 0 Å². The molecule has 0 atom stereocenters. The number of anilines is 2. The molecule has 1 heterocycles. The van der Waals surface area contributed by atoms with Crippen LogP contribution in [0.25, 0.3) is 10.9 Å². The molecule has 0 bridgehead atoms. The third kappa shape index (κ3) is 3.32. The van der Waals surface area contributed by atoms with E-state index in [0.29, 0.717) is 11.4 Å². The molecule has 4 heteroatoms. The van der Waals surface area contributed by atoms with Gasteiger partial charge in [0.15, 0.2) is 0 Å². The summed E-state index contributed by atoms with van der Waals surface area (Å²) in [5, 5.41) is 0.950. The number of benzene rings is 1. The van der Waals surface area contributed by atoms with Gasteiger partial charge >= 0.3 is 0 Å². The predicted molar refractivity (Wildman–Crippen MR) is 86.5 cm³/mol. The molecular formula is C15H21N3S. The van der Waals surface area contributed by atoms with Gasteiger partial charge in [-0.05, 0) is 37.3 Å². The van der Waals surface area contributed by atoms with Crippen molar-refractivity contribution in [3.8, 4) is 0 Å². The first kappa shape index (κ1) is 14.0. The van der Waals surface area contributed by atoms with Gasteiger partial charge in [-0.15, -0.1) is 0 Å². The van der Waals surface area contributed by atoms with Crippen LogP contribution in [0.2, 0.25) is 0 Å². The van der Waals surface area contributed by atoms with Gasteiger partial charge in [0.2, 0.25) is 0 Å². The fourth-order valence-electron chi connectivity index (χ4n) is 2.21. The molecule has 0 radical (unpaired) electrons. The van der Waals surface area contributed by atoms with Crippen LogP contribution < -0.4 is 11.5 Å². The van der Waals surface area contributed by atoms with Gasteiger partial charge in [0.05, 0.1) is 22.6 Å². The minimum absolute atomic E-state index is 0.656. The van der Waals surface area contributed by atoms with E-state index >= 15 is 0 Å². The van der Waals surface area contributed by atoms with Crippen LogP contribution in [0.1, 0.15) is 25.0 Å². The molecule has 1 aromatic carbocycles. The zero-order valence-corrected chi connectivity index (χ0v) is 12.2. The highest BCUT2D eigenvalue weighted by Gasteiger charge is 2.09. The van der Waals surface area contributed by atoms with Crippen molar-refractivity contribution in [2.75, 3.05) is 23.5 Å². The Morgan fingerprint density at radius 3 is 2.63 bits per heavy atom. The molecule has 0 amide bonds. The van der Waals surface area contributed by atoms with Crippen LogP contribution in [0.5, 0.6) is 0 Å². The summed E-state index contributed by atoms with van der Waals surface area (Å²) in [7, 11) is 0. The van der Waals surface area contributed by atoms with E-state index in [0.717, 1.165) is 29.4 Å². The first-order chi connectivity index (χ1) is 9.24. The number of thioether (sulfide) groups is 1. The highest BCUT2D eigenvalue weighted by Crippen LogP contribution is 2.28. The SMILES string of the molecule is CSCCCCCc1nc2ccccc2c(N)c1N. The fraction of sp³-hybridized carbons (Fsp3) is 0.400. The minimum atomic E-state index is 0.656. The molecule has 2 rings (SSSR count). The molecule has 3 nitrogen and oxygen atoms in total. The maximum absolute atomic E-state index is 6.10. The number of nitrogens with two attached hydrogens (primary N) is 2. The third-order valence-corrected chi connectivity index (χ3v) is 4.01. The number of aromatic nitrogens is 1. The highest BCUT2D eigenvalue weighted by atomic mass is 32.2. The maximum Gasteiger partial charge on any atom is 0.0773 e. The van der Waals surface area contributed by atoms with Crippen molar-refractivity contribution < 1.29 is 0 Å². The van der Waals surface area contributed by atoms with E-state index in [-0.39, 0.29) is 0 Å². The Bertz CT molecular complexity index is 554. The number of nitrogens with zero attached hydrogens (tertiary/aromatic N) is 1. The van der Waals surface area contributed by atoms with Crippen LogP contribution in [-0.2, 0) is 6.42 Å². The van der Waals surface area contributed by atoms with E-state index in [1.807, 2.05) is 36.0 Å². The van der Waals surface area contributed by atoms with Gasteiger partial charge < -0.3 is 11.5 Å². The lowest BCUT2D eigenvalue weighted by Crippen LogP contribution is -2.04. The number of rotatable bonds is 6. The average molecular weight is 275 g/mol. The Kier molecular flexibility index (Phi) is 4.91. The summed E-state index contributed by atoms with van der Waals surface area (Å²) in [5.41, 5.74) is 15.4. The van der Waals surface area contributed by atoms with Gasteiger partial charge in [0, 0.05) is 5.39 Å². The molecule has 0 spiro atoms. The molecule has 0 saturated heterocycles. The second-order valence-corrected chi connectivity index (χ2v) is 5.69. The van der Waals surface area contributed by atoms with Crippen molar-refractivity contribution in [3.63, 3.8) is 0 Å². The fourth-order valence-corrected chi connectivity index (χ4v) is 2.70. The summed E-state index contributed by atoms with van der Waals surface area (Å²) in [6.45, 7) is 0. The number of pyridine rings is 1. The lowest BCUT2D eigenvalue weighted by Gasteiger charge is -2.10. The van der Waals surface area contributed by atoms with Crippen LogP contribution in [0, 0.1) is 0 Å². The summed E-state index contributed by atoms with van der Waals surface area (Å²) in [6.07, 6.45) is 6.65. The van der Waals surface area contributed by atoms with Gasteiger partial charge in [-0.3, -0.25) is 4.98 Å². The van der Waals surface area contributed by atoms with Crippen LogP contribution in [0.15, 0.2) is 24.3 Å². The standard InChI is InChI=1S/C15H21N3S/c1-19-10-6-2-3-9-13-15(17)14(16)11-7-4-5-8-12(11)18-13/h4-5,7-8H,2-3,6,9-10,17H2,1H3,(H2,16,18). The lowest BCUT2D eigenvalue weighted by atomic mass is 10.1. The number of hydrogen-bond acceptors (Lipinski definition) is 4. The van der Waals surface area contributed by atoms with E-state index in [2.05, 4.69) is 11.2 Å². The second-order valence-electron chi connectivity index (χ2n) is 4.71. The van der Waals surface area contributed by atoms with Crippen molar-refractivity contribution >= 4 is 34.0 Å². The largest absolute Gasteiger partial charge is 0.396 e. The lowest BCUT2D eigenvalue weighted by molar-refractivity contribution is 0.715. The number of nitrogen functional groups attached to an aromatic ring is 2. The summed E-state index contributed by atoms with van der Waals surface area (Å²) in [5.74, 6) is 1.22. The van der Waals surface area contributed by atoms with E-state index in [4.69, 9.17) is 11.5 Å². The molecule has 0 aliphatic rings. The normalized spacial score (nSPS) is 11.0. The smallest absolute Gasteiger partial charge is 0.0773 e. The first-order valence-corrected chi connectivity index (χ1v) is 8.05. The summed E-state index contributed by atoms with van der Waals surface area (Å²) >= 11 is 1.90. The van der Waals surface area contributed by atoms with Crippen LogP contribution in [0.3, 0.4) is 0 Å². The van der Waals surface area contributed by atoms with Crippen molar-refractivity contribution in [3.05, 3.63) is 30.0 Å². The van der Waals surface area contributed by atoms with Crippen molar-refractivity contribution in [1.29, 1.82) is 0 Å². The summed E-state index contributed by atoms with van der Waals surface area (Å²) < 4.78 is 0. The van der Waals surface area contributed by atoms with Crippen molar-refractivity contribution in [2.24, 2.45) is 0 Å². The van der Waals surface area contributed by atoms with E-state index in [9.17, 15) is 0 Å². The molecule has 0 aliphatic carbocycles. The summed E-state index contributed by atoms with van der Waals surface area (Å²) in [6, 6.07) is 7.90. The van der Waals surface area contributed by atoms with Gasteiger partial charge in [0.25, 0.3) is 0 Å². The average Bonchev–Trinajstić information content (AvgIpc) is 2.44. The number of unbranched alkanes of at least 4 members (excludes halogenated alkanes) is 2. The Labute approximate surface area is 118 Å². The molecule has 19 heavy (non-hydrogen) atoms. The number of para-hydroxylation sites is 1. The van der Waals surface area contributed by atoms with Crippen molar-refractivity contribution in [1.82, 2.24) is 4.98 Å². The Morgan fingerprint density at radius 1 is 1.05 bits per heavy atom. The van der Waals surface area contributed by atoms with Crippen molar-refractivity contribution in [2.45, 2.75) is 25.7 Å². The number of hydrogen-bond donors (Lipinski definition) is 2. The molecule has 0 unspecified atom stereocenters. The molecule has 2 aromatic rings. The minimum Gasteiger partial charge on any atom is -0.396 e. The quantitative estimate of drug-likeness (QED) is 0.792. The highest BCUT2D eigenvalue weighted by molar-refractivity contribution is 7.98. The first-order valence-electron chi connectivity index (χ1n) is 6.65. The zero-order valence-electron chi connectivity index (χ0n) is 11.4.